The van der Waals surface area contributed by atoms with Crippen LogP contribution in [0, 0.1) is 12.7 Å². The maximum atomic E-state index is 13.0. The van der Waals surface area contributed by atoms with Crippen LogP contribution in [0.4, 0.5) is 4.39 Å². The summed E-state index contributed by atoms with van der Waals surface area (Å²) >= 11 is 0. The largest absolute Gasteiger partial charge is 0.491 e. The number of benzene rings is 1. The number of hydrogen-bond acceptors (Lipinski definition) is 3. The van der Waals surface area contributed by atoms with Crippen LogP contribution in [0.2, 0.25) is 0 Å². The van der Waals surface area contributed by atoms with Crippen LogP contribution in [0.5, 0.6) is 5.75 Å². The van der Waals surface area contributed by atoms with Gasteiger partial charge in [0.25, 0.3) is 0 Å². The van der Waals surface area contributed by atoms with Crippen LogP contribution >= 0.6 is 0 Å². The summed E-state index contributed by atoms with van der Waals surface area (Å²) in [6.45, 7) is 3.36. The van der Waals surface area contributed by atoms with Gasteiger partial charge in [-0.05, 0) is 56.4 Å². The second-order valence-corrected chi connectivity index (χ2v) is 5.86. The summed E-state index contributed by atoms with van der Waals surface area (Å²) in [5.41, 5.74) is 0.829. The SMILES string of the molecule is Cc1cc(F)ccc1OCC1CCC(CNC2CC2)O1. The van der Waals surface area contributed by atoms with Gasteiger partial charge in [0.1, 0.15) is 18.2 Å². The highest BCUT2D eigenvalue weighted by atomic mass is 19.1. The van der Waals surface area contributed by atoms with Gasteiger partial charge in [-0.15, -0.1) is 0 Å². The molecule has 1 saturated carbocycles. The van der Waals surface area contributed by atoms with Gasteiger partial charge in [-0.1, -0.05) is 0 Å². The van der Waals surface area contributed by atoms with E-state index in [1.807, 2.05) is 6.92 Å². The van der Waals surface area contributed by atoms with Crippen molar-refractivity contribution >= 4 is 0 Å². The molecule has 110 valence electrons. The third-order valence-corrected chi connectivity index (χ3v) is 3.97. The number of aryl methyl sites for hydroxylation is 1. The fraction of sp³-hybridized carbons (Fsp3) is 0.625. The average molecular weight is 279 g/mol. The molecule has 2 fully saturated rings. The van der Waals surface area contributed by atoms with Gasteiger partial charge >= 0.3 is 0 Å². The van der Waals surface area contributed by atoms with Gasteiger partial charge in [-0.25, -0.2) is 4.39 Å². The second-order valence-electron chi connectivity index (χ2n) is 5.86. The minimum atomic E-state index is -0.224. The number of hydrogen-bond donors (Lipinski definition) is 1. The summed E-state index contributed by atoms with van der Waals surface area (Å²) in [5.74, 6) is 0.521. The van der Waals surface area contributed by atoms with Crippen molar-refractivity contribution in [2.45, 2.75) is 50.9 Å². The maximum absolute atomic E-state index is 13.0. The van der Waals surface area contributed by atoms with Crippen LogP contribution in [-0.4, -0.2) is 31.4 Å². The molecule has 0 amide bonds. The third-order valence-electron chi connectivity index (χ3n) is 3.97. The van der Waals surface area contributed by atoms with Crippen molar-refractivity contribution in [3.05, 3.63) is 29.6 Å². The zero-order valence-corrected chi connectivity index (χ0v) is 11.9. The quantitative estimate of drug-likeness (QED) is 0.868. The highest BCUT2D eigenvalue weighted by Gasteiger charge is 2.28. The van der Waals surface area contributed by atoms with E-state index >= 15 is 0 Å². The Hall–Kier alpha value is -1.13. The molecule has 1 aliphatic carbocycles. The van der Waals surface area contributed by atoms with Crippen molar-refractivity contribution in [2.75, 3.05) is 13.2 Å². The van der Waals surface area contributed by atoms with E-state index in [4.69, 9.17) is 9.47 Å². The molecule has 1 N–H and O–H groups in total. The van der Waals surface area contributed by atoms with Gasteiger partial charge < -0.3 is 14.8 Å². The van der Waals surface area contributed by atoms with Crippen LogP contribution in [0.1, 0.15) is 31.2 Å². The highest BCUT2D eigenvalue weighted by Crippen LogP contribution is 2.24. The fourth-order valence-electron chi connectivity index (χ4n) is 2.60. The van der Waals surface area contributed by atoms with Crippen molar-refractivity contribution in [3.8, 4) is 5.75 Å². The number of nitrogens with one attached hydrogen (secondary N) is 1. The molecule has 0 spiro atoms. The van der Waals surface area contributed by atoms with E-state index in [1.54, 1.807) is 6.07 Å². The molecule has 0 bridgehead atoms. The Bertz CT molecular complexity index is 462. The highest BCUT2D eigenvalue weighted by molar-refractivity contribution is 5.32. The first-order valence-electron chi connectivity index (χ1n) is 7.48. The molecule has 2 unspecified atom stereocenters. The molecule has 1 aromatic rings. The van der Waals surface area contributed by atoms with E-state index in [2.05, 4.69) is 5.32 Å². The smallest absolute Gasteiger partial charge is 0.123 e. The first kappa shape index (κ1) is 13.8. The van der Waals surface area contributed by atoms with Gasteiger partial charge in [-0.2, -0.15) is 0 Å². The summed E-state index contributed by atoms with van der Waals surface area (Å²) in [6.07, 6.45) is 5.23. The molecule has 3 rings (SSSR count). The maximum Gasteiger partial charge on any atom is 0.123 e. The first-order chi connectivity index (χ1) is 9.70. The van der Waals surface area contributed by atoms with Crippen molar-refractivity contribution in [2.24, 2.45) is 0 Å². The van der Waals surface area contributed by atoms with E-state index in [0.717, 1.165) is 36.7 Å². The summed E-state index contributed by atoms with van der Waals surface area (Å²) in [7, 11) is 0. The molecule has 1 heterocycles. The molecule has 20 heavy (non-hydrogen) atoms. The Balaban J connectivity index is 1.42. The molecule has 0 radical (unpaired) electrons. The molecule has 3 nitrogen and oxygen atoms in total. The summed E-state index contributed by atoms with van der Waals surface area (Å²) in [4.78, 5) is 0. The van der Waals surface area contributed by atoms with Crippen molar-refractivity contribution in [1.29, 1.82) is 0 Å². The lowest BCUT2D eigenvalue weighted by Gasteiger charge is -2.16. The molecule has 4 heteroatoms. The Kier molecular flexibility index (Phi) is 4.22. The van der Waals surface area contributed by atoms with Crippen molar-refractivity contribution in [1.82, 2.24) is 5.32 Å². The fourth-order valence-corrected chi connectivity index (χ4v) is 2.60. The summed E-state index contributed by atoms with van der Waals surface area (Å²) in [6, 6.07) is 5.34. The molecule has 1 aliphatic heterocycles. The predicted molar refractivity (Wildman–Crippen MR) is 75.6 cm³/mol. The first-order valence-corrected chi connectivity index (χ1v) is 7.48. The predicted octanol–water partition coefficient (Wildman–Crippen LogP) is 2.81. The van der Waals surface area contributed by atoms with E-state index in [0.29, 0.717) is 12.7 Å². The molecule has 0 aromatic heterocycles. The minimum absolute atomic E-state index is 0.158. The van der Waals surface area contributed by atoms with Crippen LogP contribution < -0.4 is 10.1 Å². The van der Waals surface area contributed by atoms with Gasteiger partial charge in [0, 0.05) is 12.6 Å². The molecular formula is C16H22FNO2. The Morgan fingerprint density at radius 3 is 2.80 bits per heavy atom. The minimum Gasteiger partial charge on any atom is -0.491 e. The summed E-state index contributed by atoms with van der Waals surface area (Å²) in [5, 5.41) is 3.50. The van der Waals surface area contributed by atoms with Gasteiger partial charge in [0.05, 0.1) is 12.2 Å². The molecule has 1 saturated heterocycles. The Labute approximate surface area is 119 Å². The van der Waals surface area contributed by atoms with Gasteiger partial charge in [0.15, 0.2) is 0 Å². The lowest BCUT2D eigenvalue weighted by atomic mass is 10.2. The van der Waals surface area contributed by atoms with E-state index in [-0.39, 0.29) is 11.9 Å². The third kappa shape index (κ3) is 3.70. The van der Waals surface area contributed by atoms with Gasteiger partial charge in [0.2, 0.25) is 0 Å². The van der Waals surface area contributed by atoms with E-state index < -0.39 is 0 Å². The number of ether oxygens (including phenoxy) is 2. The van der Waals surface area contributed by atoms with E-state index in [1.165, 1.54) is 25.0 Å². The second kappa shape index (κ2) is 6.10. The zero-order chi connectivity index (χ0) is 13.9. The Morgan fingerprint density at radius 1 is 1.25 bits per heavy atom. The lowest BCUT2D eigenvalue weighted by Crippen LogP contribution is -2.29. The van der Waals surface area contributed by atoms with Crippen LogP contribution in [0.25, 0.3) is 0 Å². The van der Waals surface area contributed by atoms with Crippen LogP contribution in [0.3, 0.4) is 0 Å². The van der Waals surface area contributed by atoms with E-state index in [9.17, 15) is 4.39 Å². The van der Waals surface area contributed by atoms with Gasteiger partial charge in [-0.3, -0.25) is 0 Å². The molecule has 2 aliphatic rings. The normalized spacial score (nSPS) is 25.9. The Morgan fingerprint density at radius 2 is 2.05 bits per heavy atom. The number of rotatable bonds is 6. The molecule has 2 atom stereocenters. The number of halogens is 1. The van der Waals surface area contributed by atoms with Crippen LogP contribution in [-0.2, 0) is 4.74 Å². The molecular weight excluding hydrogens is 257 g/mol. The monoisotopic (exact) mass is 279 g/mol. The van der Waals surface area contributed by atoms with Crippen molar-refractivity contribution in [3.63, 3.8) is 0 Å². The molecule has 1 aromatic carbocycles. The average Bonchev–Trinajstić information content (AvgIpc) is 3.14. The lowest BCUT2D eigenvalue weighted by molar-refractivity contribution is 0.0183. The summed E-state index contributed by atoms with van der Waals surface area (Å²) < 4.78 is 24.7. The zero-order valence-electron chi connectivity index (χ0n) is 11.9. The van der Waals surface area contributed by atoms with Crippen molar-refractivity contribution < 1.29 is 13.9 Å². The van der Waals surface area contributed by atoms with Crippen LogP contribution in [0.15, 0.2) is 18.2 Å². The topological polar surface area (TPSA) is 30.5 Å². The standard InChI is InChI=1S/C16H22FNO2/c1-11-8-12(17)2-7-16(11)19-10-15-6-5-14(20-15)9-18-13-3-4-13/h2,7-8,13-15,18H,3-6,9-10H2,1H3.